The van der Waals surface area contributed by atoms with Crippen molar-refractivity contribution in [3.05, 3.63) is 66.0 Å². The molecule has 0 aliphatic rings. The van der Waals surface area contributed by atoms with E-state index in [0.717, 1.165) is 30.5 Å². The van der Waals surface area contributed by atoms with Crippen LogP contribution in [0, 0.1) is 0 Å². The Balaban J connectivity index is 1.97. The van der Waals surface area contributed by atoms with Gasteiger partial charge in [0.05, 0.1) is 5.41 Å². The number of aromatic nitrogens is 1. The minimum Gasteiger partial charge on any atom is -0.305 e. The first-order valence-corrected chi connectivity index (χ1v) is 7.24. The molecular weight excluding hydrogens is 260 g/mol. The minimum absolute atomic E-state index is 0.472. The van der Waals surface area contributed by atoms with Crippen molar-refractivity contribution in [1.82, 2.24) is 9.88 Å². The summed E-state index contributed by atoms with van der Waals surface area (Å²) in [5.74, 6) is 0. The van der Waals surface area contributed by atoms with E-state index in [9.17, 15) is 4.79 Å². The van der Waals surface area contributed by atoms with Gasteiger partial charge in [0, 0.05) is 31.4 Å². The lowest BCUT2D eigenvalue weighted by molar-refractivity contribution is -0.112. The molecule has 3 heteroatoms. The summed E-state index contributed by atoms with van der Waals surface area (Å²) in [6.45, 7) is 3.58. The Bertz CT molecular complexity index is 556. The molecule has 0 saturated carbocycles. The van der Waals surface area contributed by atoms with Gasteiger partial charge < -0.3 is 9.69 Å². The average Bonchev–Trinajstić information content (AvgIpc) is 2.54. The van der Waals surface area contributed by atoms with Crippen molar-refractivity contribution in [3.8, 4) is 0 Å². The van der Waals surface area contributed by atoms with Crippen molar-refractivity contribution in [2.45, 2.75) is 18.8 Å². The van der Waals surface area contributed by atoms with Crippen LogP contribution in [0.3, 0.4) is 0 Å². The molecule has 0 radical (unpaired) electrons. The molecule has 21 heavy (non-hydrogen) atoms. The summed E-state index contributed by atoms with van der Waals surface area (Å²) in [4.78, 5) is 18.1. The van der Waals surface area contributed by atoms with Gasteiger partial charge in [-0.1, -0.05) is 36.4 Å². The van der Waals surface area contributed by atoms with Crippen LogP contribution in [0.25, 0.3) is 0 Å². The highest BCUT2D eigenvalue weighted by atomic mass is 16.1. The van der Waals surface area contributed by atoms with Gasteiger partial charge in [0.2, 0.25) is 0 Å². The van der Waals surface area contributed by atoms with Gasteiger partial charge in [-0.3, -0.25) is 4.98 Å². The van der Waals surface area contributed by atoms with Gasteiger partial charge >= 0.3 is 0 Å². The van der Waals surface area contributed by atoms with E-state index >= 15 is 0 Å². The molecule has 0 N–H and O–H groups in total. The third kappa shape index (κ3) is 4.23. The topological polar surface area (TPSA) is 33.2 Å². The Kier molecular flexibility index (Phi) is 5.23. The number of carbonyl (C=O) groups is 1. The SMILES string of the molecule is CN(CCc1ccccn1)CC(C)(C=O)c1ccccc1. The molecule has 3 nitrogen and oxygen atoms in total. The number of carbonyl (C=O) groups excluding carboxylic acids is 1. The number of likely N-dealkylation sites (N-methyl/N-ethyl adjacent to an activating group) is 1. The summed E-state index contributed by atoms with van der Waals surface area (Å²) >= 11 is 0. The van der Waals surface area contributed by atoms with E-state index < -0.39 is 5.41 Å². The van der Waals surface area contributed by atoms with E-state index in [4.69, 9.17) is 0 Å². The quantitative estimate of drug-likeness (QED) is 0.732. The fraction of sp³-hybridized carbons (Fsp3) is 0.333. The van der Waals surface area contributed by atoms with E-state index in [-0.39, 0.29) is 0 Å². The van der Waals surface area contributed by atoms with Crippen LogP contribution in [-0.4, -0.2) is 36.3 Å². The standard InChI is InChI=1S/C18H22N2O/c1-18(15-21,16-8-4-3-5-9-16)14-20(2)13-11-17-10-6-7-12-19-17/h3-10,12,15H,11,13-14H2,1-2H3. The van der Waals surface area contributed by atoms with Crippen molar-refractivity contribution in [2.24, 2.45) is 0 Å². The molecular formula is C18H22N2O. The highest BCUT2D eigenvalue weighted by Gasteiger charge is 2.27. The maximum Gasteiger partial charge on any atom is 0.131 e. The van der Waals surface area contributed by atoms with Crippen LogP contribution in [0.15, 0.2) is 54.7 Å². The Morgan fingerprint density at radius 1 is 1.14 bits per heavy atom. The molecule has 1 atom stereocenters. The third-order valence-corrected chi connectivity index (χ3v) is 3.77. The van der Waals surface area contributed by atoms with Crippen LogP contribution < -0.4 is 0 Å². The van der Waals surface area contributed by atoms with E-state index in [1.165, 1.54) is 0 Å². The highest BCUT2D eigenvalue weighted by molar-refractivity contribution is 5.68. The Labute approximate surface area is 126 Å². The van der Waals surface area contributed by atoms with Gasteiger partial charge in [-0.05, 0) is 31.7 Å². The predicted molar refractivity (Wildman–Crippen MR) is 85.3 cm³/mol. The molecule has 0 fully saturated rings. The fourth-order valence-electron chi connectivity index (χ4n) is 2.51. The summed E-state index contributed by atoms with van der Waals surface area (Å²) in [7, 11) is 2.05. The Hall–Kier alpha value is -2.00. The van der Waals surface area contributed by atoms with Crippen LogP contribution in [0.4, 0.5) is 0 Å². The molecule has 2 aromatic rings. The van der Waals surface area contributed by atoms with Crippen LogP contribution in [-0.2, 0) is 16.6 Å². The number of rotatable bonds is 7. The number of pyridine rings is 1. The Morgan fingerprint density at radius 3 is 2.48 bits per heavy atom. The summed E-state index contributed by atoms with van der Waals surface area (Å²) in [5.41, 5.74) is 1.67. The van der Waals surface area contributed by atoms with Crippen LogP contribution in [0.2, 0.25) is 0 Å². The molecule has 110 valence electrons. The number of benzene rings is 1. The second kappa shape index (κ2) is 7.14. The smallest absolute Gasteiger partial charge is 0.131 e. The number of nitrogens with zero attached hydrogens (tertiary/aromatic N) is 2. The van der Waals surface area contributed by atoms with Gasteiger partial charge in [-0.2, -0.15) is 0 Å². The molecule has 0 bridgehead atoms. The Morgan fingerprint density at radius 2 is 1.86 bits per heavy atom. The molecule has 0 amide bonds. The summed E-state index contributed by atoms with van der Waals surface area (Å²) < 4.78 is 0. The van der Waals surface area contributed by atoms with Gasteiger partial charge in [0.25, 0.3) is 0 Å². The maximum absolute atomic E-state index is 11.6. The average molecular weight is 282 g/mol. The summed E-state index contributed by atoms with van der Waals surface area (Å²) in [6.07, 6.45) is 3.76. The first kappa shape index (κ1) is 15.4. The lowest BCUT2D eigenvalue weighted by atomic mass is 9.83. The van der Waals surface area contributed by atoms with Crippen molar-refractivity contribution in [3.63, 3.8) is 0 Å². The number of hydrogen-bond donors (Lipinski definition) is 0. The first-order valence-electron chi connectivity index (χ1n) is 7.24. The lowest BCUT2D eigenvalue weighted by Gasteiger charge is -2.29. The predicted octanol–water partition coefficient (Wildman–Crippen LogP) is 2.71. The molecule has 1 aromatic heterocycles. The third-order valence-electron chi connectivity index (χ3n) is 3.77. The largest absolute Gasteiger partial charge is 0.305 e. The molecule has 1 heterocycles. The lowest BCUT2D eigenvalue weighted by Crippen LogP contribution is -2.39. The summed E-state index contributed by atoms with van der Waals surface area (Å²) in [5, 5.41) is 0. The zero-order chi connectivity index (χ0) is 15.1. The van der Waals surface area contributed by atoms with E-state index in [2.05, 4.69) is 9.88 Å². The molecule has 1 aromatic carbocycles. The van der Waals surface area contributed by atoms with Crippen molar-refractivity contribution < 1.29 is 4.79 Å². The number of aldehydes is 1. The van der Waals surface area contributed by atoms with Crippen LogP contribution in [0.1, 0.15) is 18.2 Å². The normalized spacial score (nSPS) is 13.9. The first-order chi connectivity index (χ1) is 10.1. The van der Waals surface area contributed by atoms with Gasteiger partial charge in [-0.15, -0.1) is 0 Å². The van der Waals surface area contributed by atoms with Crippen LogP contribution >= 0.6 is 0 Å². The molecule has 0 saturated heterocycles. The molecule has 1 unspecified atom stereocenters. The van der Waals surface area contributed by atoms with Crippen molar-refractivity contribution in [2.75, 3.05) is 20.1 Å². The fourth-order valence-corrected chi connectivity index (χ4v) is 2.51. The van der Waals surface area contributed by atoms with E-state index in [1.807, 2.05) is 68.7 Å². The second-order valence-electron chi connectivity index (χ2n) is 5.71. The zero-order valence-electron chi connectivity index (χ0n) is 12.7. The van der Waals surface area contributed by atoms with Gasteiger partial charge in [0.15, 0.2) is 0 Å². The molecule has 0 spiro atoms. The van der Waals surface area contributed by atoms with Crippen molar-refractivity contribution >= 4 is 6.29 Å². The summed E-state index contributed by atoms with van der Waals surface area (Å²) in [6, 6.07) is 15.9. The van der Waals surface area contributed by atoms with Gasteiger partial charge in [-0.25, -0.2) is 0 Å². The highest BCUT2D eigenvalue weighted by Crippen LogP contribution is 2.22. The second-order valence-corrected chi connectivity index (χ2v) is 5.71. The number of hydrogen-bond acceptors (Lipinski definition) is 3. The molecule has 2 rings (SSSR count). The monoisotopic (exact) mass is 282 g/mol. The van der Waals surface area contributed by atoms with Gasteiger partial charge in [0.1, 0.15) is 6.29 Å². The maximum atomic E-state index is 11.6. The molecule has 0 aliphatic heterocycles. The van der Waals surface area contributed by atoms with Crippen LogP contribution in [0.5, 0.6) is 0 Å². The zero-order valence-corrected chi connectivity index (χ0v) is 12.7. The minimum atomic E-state index is -0.472. The van der Waals surface area contributed by atoms with E-state index in [1.54, 1.807) is 0 Å². The van der Waals surface area contributed by atoms with E-state index in [0.29, 0.717) is 6.54 Å². The molecule has 0 aliphatic carbocycles. The van der Waals surface area contributed by atoms with Crippen molar-refractivity contribution in [1.29, 1.82) is 0 Å².